The van der Waals surface area contributed by atoms with Crippen LogP contribution < -0.4 is 4.90 Å². The highest BCUT2D eigenvalue weighted by Crippen LogP contribution is 2.41. The number of benzene rings is 7. The van der Waals surface area contributed by atoms with E-state index in [0.717, 1.165) is 56.9 Å². The third kappa shape index (κ3) is 6.64. The van der Waals surface area contributed by atoms with E-state index in [1.165, 1.54) is 31.3 Å². The van der Waals surface area contributed by atoms with Gasteiger partial charge in [0.25, 0.3) is 0 Å². The number of rotatable bonds is 6. The van der Waals surface area contributed by atoms with Gasteiger partial charge in [0.2, 0.25) is 0 Å². The molecule has 0 fully saturated rings. The molecule has 0 aliphatic carbocycles. The monoisotopic (exact) mass is 748 g/mol. The summed E-state index contributed by atoms with van der Waals surface area (Å²) in [4.78, 5) is 17.1. The van der Waals surface area contributed by atoms with Crippen molar-refractivity contribution in [3.8, 4) is 56.4 Å². The summed E-state index contributed by atoms with van der Waals surface area (Å²) in [6, 6.07) is 59.7. The molecule has 0 atom stereocenters. The fraction of sp³-hybridized carbons (Fsp3) is 0.0192. The first-order valence-electron chi connectivity index (χ1n) is 19.1. The molecule has 0 radical (unpaired) electrons. The number of aromatic nitrogens is 3. The standard InChI is InChI=1S/C52H36N4S/c1-35-14-5-4-12-33-56(42-30-27-37(28-31-42)43-20-13-21-45-44-19-10-11-22-48(44)57-49(43)45)47-32-29-41(34-46(35)47)36-23-25-40(26-24-36)52-54-50(38-15-6-2-7-16-38)53-51(55-52)39-17-8-3-9-18-39/h2-32,34H,1,33H2/b12-4-,14-5-. The van der Waals surface area contributed by atoms with Crippen molar-refractivity contribution in [1.82, 2.24) is 15.0 Å². The zero-order valence-corrected chi connectivity index (χ0v) is 31.9. The lowest BCUT2D eigenvalue weighted by atomic mass is 9.96. The first-order chi connectivity index (χ1) is 28.2. The average Bonchev–Trinajstić information content (AvgIpc) is 3.70. The lowest BCUT2D eigenvalue weighted by molar-refractivity contribution is 1.07. The van der Waals surface area contributed by atoms with Gasteiger partial charge in [-0.2, -0.15) is 0 Å². The van der Waals surface area contributed by atoms with E-state index >= 15 is 0 Å². The predicted molar refractivity (Wildman–Crippen MR) is 241 cm³/mol. The molecule has 4 nitrogen and oxygen atoms in total. The summed E-state index contributed by atoms with van der Waals surface area (Å²) in [5, 5.41) is 2.63. The summed E-state index contributed by atoms with van der Waals surface area (Å²) in [6.07, 6.45) is 8.47. The summed E-state index contributed by atoms with van der Waals surface area (Å²) >= 11 is 1.87. The molecule has 9 aromatic rings. The Morgan fingerprint density at radius 1 is 0.474 bits per heavy atom. The maximum Gasteiger partial charge on any atom is 0.164 e. The molecule has 0 saturated carbocycles. The van der Waals surface area contributed by atoms with Crippen LogP contribution in [0.3, 0.4) is 0 Å². The Morgan fingerprint density at radius 2 is 1.05 bits per heavy atom. The number of thiophene rings is 1. The van der Waals surface area contributed by atoms with Gasteiger partial charge in [0.1, 0.15) is 0 Å². The molecule has 2 aromatic heterocycles. The van der Waals surface area contributed by atoms with Crippen molar-refractivity contribution in [2.45, 2.75) is 0 Å². The average molecular weight is 749 g/mol. The van der Waals surface area contributed by atoms with Crippen molar-refractivity contribution in [2.75, 3.05) is 11.4 Å². The molecule has 57 heavy (non-hydrogen) atoms. The number of nitrogens with zero attached hydrogens (tertiary/aromatic N) is 4. The highest BCUT2D eigenvalue weighted by Gasteiger charge is 2.18. The lowest BCUT2D eigenvalue weighted by Crippen LogP contribution is -2.18. The molecule has 0 spiro atoms. The second kappa shape index (κ2) is 14.8. The summed E-state index contributed by atoms with van der Waals surface area (Å²) in [6.45, 7) is 5.24. The van der Waals surface area contributed by atoms with Crippen molar-refractivity contribution < 1.29 is 0 Å². The first-order valence-corrected chi connectivity index (χ1v) is 19.9. The van der Waals surface area contributed by atoms with Gasteiger partial charge in [0.05, 0.1) is 0 Å². The second-order valence-electron chi connectivity index (χ2n) is 14.1. The Hall–Kier alpha value is -7.21. The number of anilines is 2. The normalized spacial score (nSPS) is 13.8. The van der Waals surface area contributed by atoms with Crippen molar-refractivity contribution in [3.63, 3.8) is 0 Å². The topological polar surface area (TPSA) is 41.9 Å². The van der Waals surface area contributed by atoms with Gasteiger partial charge >= 0.3 is 0 Å². The van der Waals surface area contributed by atoms with Gasteiger partial charge in [-0.3, -0.25) is 0 Å². The molecule has 10 rings (SSSR count). The van der Waals surface area contributed by atoms with E-state index in [2.05, 4.69) is 145 Å². The molecular weight excluding hydrogens is 713 g/mol. The van der Waals surface area contributed by atoms with Gasteiger partial charge in [-0.1, -0.05) is 170 Å². The Bertz CT molecular complexity index is 2920. The SMILES string of the molecule is C=C1/C=C\C=C/CN(c2ccc(-c3cccc4c3sc3ccccc34)cc2)c2ccc(-c3ccc(-c4nc(-c5ccccc5)nc(-c5ccccc5)n4)cc3)cc21. The smallest absolute Gasteiger partial charge is 0.164 e. The zero-order valence-electron chi connectivity index (χ0n) is 31.1. The van der Waals surface area contributed by atoms with Gasteiger partial charge in [-0.25, -0.2) is 15.0 Å². The Kier molecular flexibility index (Phi) is 8.90. The lowest BCUT2D eigenvalue weighted by Gasteiger charge is -2.27. The highest BCUT2D eigenvalue weighted by atomic mass is 32.1. The quantitative estimate of drug-likeness (QED) is 0.170. The third-order valence-corrected chi connectivity index (χ3v) is 11.8. The first kappa shape index (κ1) is 34.3. The number of fused-ring (bicyclic) bond motifs is 4. The molecule has 0 saturated heterocycles. The molecule has 0 unspecified atom stereocenters. The number of hydrogen-bond donors (Lipinski definition) is 0. The Morgan fingerprint density at radius 3 is 1.75 bits per heavy atom. The Labute approximate surface area is 336 Å². The van der Waals surface area contributed by atoms with Gasteiger partial charge in [0.15, 0.2) is 17.5 Å². The summed E-state index contributed by atoms with van der Waals surface area (Å²) < 4.78 is 2.64. The van der Waals surface area contributed by atoms with E-state index in [0.29, 0.717) is 17.5 Å². The van der Waals surface area contributed by atoms with E-state index in [4.69, 9.17) is 15.0 Å². The van der Waals surface area contributed by atoms with E-state index in [-0.39, 0.29) is 0 Å². The molecule has 5 heteroatoms. The van der Waals surface area contributed by atoms with Gasteiger partial charge in [-0.05, 0) is 58.2 Å². The minimum atomic E-state index is 0.636. The van der Waals surface area contributed by atoms with Crippen LogP contribution in [0, 0.1) is 0 Å². The van der Waals surface area contributed by atoms with Crippen LogP contribution in [-0.2, 0) is 0 Å². The van der Waals surface area contributed by atoms with Crippen LogP contribution >= 0.6 is 11.3 Å². The molecule has 1 aliphatic heterocycles. The molecular formula is C52H36N4S. The maximum absolute atomic E-state index is 4.93. The van der Waals surface area contributed by atoms with Crippen LogP contribution in [0.1, 0.15) is 5.56 Å². The molecule has 0 bridgehead atoms. The van der Waals surface area contributed by atoms with E-state index in [1.807, 2.05) is 72.0 Å². The predicted octanol–water partition coefficient (Wildman–Crippen LogP) is 13.9. The third-order valence-electron chi connectivity index (χ3n) is 10.5. The molecule has 3 heterocycles. The van der Waals surface area contributed by atoms with E-state index < -0.39 is 0 Å². The fourth-order valence-corrected chi connectivity index (χ4v) is 8.84. The van der Waals surface area contributed by atoms with Crippen LogP contribution in [0.5, 0.6) is 0 Å². The molecule has 0 amide bonds. The van der Waals surface area contributed by atoms with Crippen LogP contribution in [0.2, 0.25) is 0 Å². The van der Waals surface area contributed by atoms with Crippen LogP contribution in [-0.4, -0.2) is 21.5 Å². The molecule has 270 valence electrons. The highest BCUT2D eigenvalue weighted by molar-refractivity contribution is 7.26. The minimum Gasteiger partial charge on any atom is -0.337 e. The van der Waals surface area contributed by atoms with Crippen molar-refractivity contribution in [3.05, 3.63) is 206 Å². The summed E-state index contributed by atoms with van der Waals surface area (Å²) in [7, 11) is 0. The van der Waals surface area contributed by atoms with Crippen LogP contribution in [0.15, 0.2) is 201 Å². The largest absolute Gasteiger partial charge is 0.337 e. The number of allylic oxidation sites excluding steroid dienone is 4. The van der Waals surface area contributed by atoms with Crippen molar-refractivity contribution in [2.24, 2.45) is 0 Å². The molecule has 1 aliphatic rings. The molecule has 0 N–H and O–H groups in total. The fourth-order valence-electron chi connectivity index (χ4n) is 7.60. The summed E-state index contributed by atoms with van der Waals surface area (Å²) in [5.74, 6) is 1.93. The van der Waals surface area contributed by atoms with Crippen LogP contribution in [0.25, 0.3) is 82.2 Å². The van der Waals surface area contributed by atoms with Crippen molar-refractivity contribution >= 4 is 48.5 Å². The second-order valence-corrected chi connectivity index (χ2v) is 15.2. The van der Waals surface area contributed by atoms with Gasteiger partial charge in [-0.15, -0.1) is 11.3 Å². The zero-order chi connectivity index (χ0) is 38.1. The number of hydrogen-bond acceptors (Lipinski definition) is 5. The summed E-state index contributed by atoms with van der Waals surface area (Å²) in [5.41, 5.74) is 11.8. The molecule has 7 aromatic carbocycles. The van der Waals surface area contributed by atoms with Gasteiger partial charge < -0.3 is 4.90 Å². The maximum atomic E-state index is 4.93. The van der Waals surface area contributed by atoms with E-state index in [9.17, 15) is 0 Å². The van der Waals surface area contributed by atoms with Crippen molar-refractivity contribution in [1.29, 1.82) is 0 Å². The Balaban J connectivity index is 0.980. The van der Waals surface area contributed by atoms with Crippen LogP contribution in [0.4, 0.5) is 11.4 Å². The minimum absolute atomic E-state index is 0.636. The van der Waals surface area contributed by atoms with Gasteiger partial charge in [0, 0.05) is 60.3 Å². The van der Waals surface area contributed by atoms with E-state index in [1.54, 1.807) is 0 Å².